The van der Waals surface area contributed by atoms with Gasteiger partial charge in [-0.25, -0.2) is 8.78 Å². The first-order valence-corrected chi connectivity index (χ1v) is 7.27. The molecular formula is C17H18ClF2N. The first-order chi connectivity index (χ1) is 9.95. The Labute approximate surface area is 128 Å². The van der Waals surface area contributed by atoms with Crippen LogP contribution in [-0.2, 0) is 0 Å². The van der Waals surface area contributed by atoms with Gasteiger partial charge in [-0.05, 0) is 55.3 Å². The van der Waals surface area contributed by atoms with Gasteiger partial charge in [0.15, 0.2) is 0 Å². The van der Waals surface area contributed by atoms with Gasteiger partial charge in [0.05, 0.1) is 6.04 Å². The predicted octanol–water partition coefficient (Wildman–Crippen LogP) is 4.93. The molecule has 0 saturated heterocycles. The molecule has 2 aromatic rings. The second-order valence-corrected chi connectivity index (χ2v) is 5.52. The molecule has 0 heterocycles. The molecule has 21 heavy (non-hydrogen) atoms. The lowest BCUT2D eigenvalue weighted by atomic mass is 9.93. The molecule has 0 amide bonds. The molecule has 1 atom stereocenters. The Morgan fingerprint density at radius 1 is 1.10 bits per heavy atom. The van der Waals surface area contributed by atoms with Crippen molar-refractivity contribution in [1.29, 1.82) is 0 Å². The van der Waals surface area contributed by atoms with Gasteiger partial charge in [-0.2, -0.15) is 0 Å². The molecule has 2 rings (SSSR count). The molecule has 0 spiro atoms. The molecule has 0 aliphatic heterocycles. The number of benzene rings is 2. The van der Waals surface area contributed by atoms with Gasteiger partial charge in [-0.1, -0.05) is 30.7 Å². The van der Waals surface area contributed by atoms with E-state index in [0.717, 1.165) is 11.1 Å². The van der Waals surface area contributed by atoms with Gasteiger partial charge in [0.1, 0.15) is 11.6 Å². The van der Waals surface area contributed by atoms with Crippen LogP contribution in [0.15, 0.2) is 30.3 Å². The van der Waals surface area contributed by atoms with Crippen molar-refractivity contribution in [2.45, 2.75) is 26.8 Å². The van der Waals surface area contributed by atoms with Crippen molar-refractivity contribution in [1.82, 2.24) is 5.32 Å². The summed E-state index contributed by atoms with van der Waals surface area (Å²) in [6.45, 7) is 6.02. The Morgan fingerprint density at radius 2 is 1.81 bits per heavy atom. The Balaban J connectivity index is 2.61. The maximum atomic E-state index is 14.4. The predicted molar refractivity (Wildman–Crippen MR) is 82.8 cm³/mol. The standard InChI is InChI=1S/C17H18ClF2N/c1-4-21-17(13-7-6-12(18)9-11(13)3)15-14(19)8-5-10(2)16(15)20/h5-9,17,21H,4H2,1-3H3. The molecule has 2 aromatic carbocycles. The maximum Gasteiger partial charge on any atom is 0.134 e. The highest BCUT2D eigenvalue weighted by molar-refractivity contribution is 6.30. The van der Waals surface area contributed by atoms with Crippen molar-refractivity contribution in [3.05, 3.63) is 69.2 Å². The number of rotatable bonds is 4. The van der Waals surface area contributed by atoms with Gasteiger partial charge < -0.3 is 5.32 Å². The summed E-state index contributed by atoms with van der Waals surface area (Å²) in [7, 11) is 0. The van der Waals surface area contributed by atoms with E-state index < -0.39 is 17.7 Å². The van der Waals surface area contributed by atoms with E-state index >= 15 is 0 Å². The third-order valence-electron chi connectivity index (χ3n) is 3.56. The van der Waals surface area contributed by atoms with E-state index in [0.29, 0.717) is 17.1 Å². The van der Waals surface area contributed by atoms with Crippen LogP contribution in [0.5, 0.6) is 0 Å². The van der Waals surface area contributed by atoms with Crippen LogP contribution in [0.25, 0.3) is 0 Å². The normalized spacial score (nSPS) is 12.5. The van der Waals surface area contributed by atoms with E-state index in [4.69, 9.17) is 11.6 Å². The third-order valence-corrected chi connectivity index (χ3v) is 3.79. The third kappa shape index (κ3) is 3.25. The molecule has 1 nitrogen and oxygen atoms in total. The van der Waals surface area contributed by atoms with Crippen LogP contribution in [0.4, 0.5) is 8.78 Å². The number of halogens is 3. The Bertz CT molecular complexity index is 655. The van der Waals surface area contributed by atoms with Gasteiger partial charge in [0.25, 0.3) is 0 Å². The summed E-state index contributed by atoms with van der Waals surface area (Å²) in [5.74, 6) is -1.05. The lowest BCUT2D eigenvalue weighted by molar-refractivity contribution is 0.505. The monoisotopic (exact) mass is 309 g/mol. The van der Waals surface area contributed by atoms with Crippen LogP contribution in [0.1, 0.15) is 35.2 Å². The van der Waals surface area contributed by atoms with E-state index in [9.17, 15) is 8.78 Å². The van der Waals surface area contributed by atoms with Gasteiger partial charge in [0.2, 0.25) is 0 Å². The van der Waals surface area contributed by atoms with E-state index in [2.05, 4.69) is 5.32 Å². The lowest BCUT2D eigenvalue weighted by Crippen LogP contribution is -2.25. The van der Waals surface area contributed by atoms with Crippen LogP contribution in [0.3, 0.4) is 0 Å². The largest absolute Gasteiger partial charge is 0.306 e. The van der Waals surface area contributed by atoms with Crippen molar-refractivity contribution in [3.8, 4) is 0 Å². The molecule has 0 bridgehead atoms. The maximum absolute atomic E-state index is 14.4. The highest BCUT2D eigenvalue weighted by Crippen LogP contribution is 2.31. The number of hydrogen-bond donors (Lipinski definition) is 1. The van der Waals surface area contributed by atoms with Crippen molar-refractivity contribution in [3.63, 3.8) is 0 Å². The van der Waals surface area contributed by atoms with Crippen LogP contribution >= 0.6 is 11.6 Å². The number of nitrogens with one attached hydrogen (secondary N) is 1. The fraction of sp³-hybridized carbons (Fsp3) is 0.294. The molecular weight excluding hydrogens is 292 g/mol. The topological polar surface area (TPSA) is 12.0 Å². The van der Waals surface area contributed by atoms with Gasteiger partial charge in [-0.15, -0.1) is 0 Å². The summed E-state index contributed by atoms with van der Waals surface area (Å²) in [6, 6.07) is 7.57. The Hall–Kier alpha value is -1.45. The molecule has 0 saturated carbocycles. The zero-order valence-corrected chi connectivity index (χ0v) is 13.1. The molecule has 4 heteroatoms. The van der Waals surface area contributed by atoms with Crippen LogP contribution in [0.2, 0.25) is 5.02 Å². The molecule has 0 aliphatic rings. The van der Waals surface area contributed by atoms with Gasteiger partial charge in [-0.3, -0.25) is 0 Å². The van der Waals surface area contributed by atoms with Crippen LogP contribution in [0, 0.1) is 25.5 Å². The minimum atomic E-state index is -0.543. The first kappa shape index (κ1) is 15.9. The first-order valence-electron chi connectivity index (χ1n) is 6.89. The second kappa shape index (κ2) is 6.54. The van der Waals surface area contributed by atoms with Crippen molar-refractivity contribution in [2.75, 3.05) is 6.54 Å². The summed E-state index contributed by atoms with van der Waals surface area (Å²) >= 11 is 5.96. The van der Waals surface area contributed by atoms with Crippen molar-refractivity contribution < 1.29 is 8.78 Å². The summed E-state index contributed by atoms with van der Waals surface area (Å²) in [6.07, 6.45) is 0. The summed E-state index contributed by atoms with van der Waals surface area (Å²) < 4.78 is 28.6. The zero-order valence-electron chi connectivity index (χ0n) is 12.3. The lowest BCUT2D eigenvalue weighted by Gasteiger charge is -2.22. The molecule has 0 fully saturated rings. The summed E-state index contributed by atoms with van der Waals surface area (Å²) in [5.41, 5.74) is 2.21. The minimum absolute atomic E-state index is 0.0577. The second-order valence-electron chi connectivity index (χ2n) is 5.08. The quantitative estimate of drug-likeness (QED) is 0.844. The van der Waals surface area contributed by atoms with Crippen molar-refractivity contribution in [2.24, 2.45) is 0 Å². The molecule has 112 valence electrons. The number of hydrogen-bond acceptors (Lipinski definition) is 1. The average molecular weight is 310 g/mol. The van der Waals surface area contributed by atoms with Crippen molar-refractivity contribution >= 4 is 11.6 Å². The van der Waals surface area contributed by atoms with E-state index in [1.807, 2.05) is 19.9 Å². The molecule has 0 aromatic heterocycles. The van der Waals surface area contributed by atoms with Gasteiger partial charge in [0, 0.05) is 10.6 Å². The molecule has 0 radical (unpaired) electrons. The fourth-order valence-corrected chi connectivity index (χ4v) is 2.70. The number of aryl methyl sites for hydroxylation is 2. The smallest absolute Gasteiger partial charge is 0.134 e. The van der Waals surface area contributed by atoms with E-state index in [1.54, 1.807) is 19.1 Å². The van der Waals surface area contributed by atoms with Gasteiger partial charge >= 0.3 is 0 Å². The molecule has 0 aliphatic carbocycles. The zero-order chi connectivity index (χ0) is 15.6. The highest BCUT2D eigenvalue weighted by atomic mass is 35.5. The Morgan fingerprint density at radius 3 is 2.43 bits per heavy atom. The molecule has 1 N–H and O–H groups in total. The Kier molecular flexibility index (Phi) is 4.96. The molecule has 1 unspecified atom stereocenters. The van der Waals surface area contributed by atoms with Crippen LogP contribution < -0.4 is 5.32 Å². The van der Waals surface area contributed by atoms with E-state index in [-0.39, 0.29) is 5.56 Å². The SMILES string of the molecule is CCNC(c1ccc(Cl)cc1C)c1c(F)ccc(C)c1F. The summed E-state index contributed by atoms with van der Waals surface area (Å²) in [4.78, 5) is 0. The minimum Gasteiger partial charge on any atom is -0.306 e. The average Bonchev–Trinajstić information content (AvgIpc) is 2.43. The van der Waals surface area contributed by atoms with E-state index in [1.165, 1.54) is 12.1 Å². The fourth-order valence-electron chi connectivity index (χ4n) is 2.48. The van der Waals surface area contributed by atoms with Crippen LogP contribution in [-0.4, -0.2) is 6.54 Å². The highest BCUT2D eigenvalue weighted by Gasteiger charge is 2.23. The summed E-state index contributed by atoms with van der Waals surface area (Å²) in [5, 5.41) is 3.77.